The van der Waals surface area contributed by atoms with Crippen molar-refractivity contribution in [3.63, 3.8) is 0 Å². The van der Waals surface area contributed by atoms with Crippen LogP contribution in [0.2, 0.25) is 0 Å². The van der Waals surface area contributed by atoms with E-state index >= 15 is 0 Å². The lowest BCUT2D eigenvalue weighted by molar-refractivity contribution is -0.155. The van der Waals surface area contributed by atoms with E-state index in [1.54, 1.807) is 12.1 Å². The van der Waals surface area contributed by atoms with Gasteiger partial charge in [-0.15, -0.1) is 0 Å². The topological polar surface area (TPSA) is 46.5 Å². The maximum Gasteiger partial charge on any atom is 0.337 e. The van der Waals surface area contributed by atoms with Crippen molar-refractivity contribution in [2.75, 3.05) is 0 Å². The number of carboxylic acids is 1. The molecule has 0 spiro atoms. The standard InChI is InChI=1S/C14H20O3/c1-10(2)9-11(3)17-13(14(15)16)12-7-5-4-6-8-12/h4-8,10-11,13H,9H2,1-3H3,(H,15,16). The Hall–Kier alpha value is -1.35. The maximum absolute atomic E-state index is 11.2. The first-order chi connectivity index (χ1) is 8.00. The SMILES string of the molecule is CC(C)CC(C)OC(C(=O)O)c1ccccc1. The lowest BCUT2D eigenvalue weighted by atomic mass is 10.1. The molecule has 0 saturated heterocycles. The van der Waals surface area contributed by atoms with Crippen molar-refractivity contribution in [3.05, 3.63) is 35.9 Å². The lowest BCUT2D eigenvalue weighted by Gasteiger charge is -2.20. The molecule has 17 heavy (non-hydrogen) atoms. The number of hydrogen-bond donors (Lipinski definition) is 1. The lowest BCUT2D eigenvalue weighted by Crippen LogP contribution is -2.21. The highest BCUT2D eigenvalue weighted by atomic mass is 16.5. The molecular formula is C14H20O3. The fourth-order valence-electron chi connectivity index (χ4n) is 1.86. The summed E-state index contributed by atoms with van der Waals surface area (Å²) in [5, 5.41) is 9.18. The molecule has 94 valence electrons. The van der Waals surface area contributed by atoms with E-state index in [-0.39, 0.29) is 6.10 Å². The zero-order valence-electron chi connectivity index (χ0n) is 10.6. The quantitative estimate of drug-likeness (QED) is 0.824. The second-order valence-corrected chi connectivity index (χ2v) is 4.71. The van der Waals surface area contributed by atoms with Crippen molar-refractivity contribution >= 4 is 5.97 Å². The third-order valence-corrected chi connectivity index (χ3v) is 2.50. The Labute approximate surface area is 102 Å². The molecule has 3 nitrogen and oxygen atoms in total. The van der Waals surface area contributed by atoms with Crippen molar-refractivity contribution in [2.24, 2.45) is 5.92 Å². The van der Waals surface area contributed by atoms with Crippen LogP contribution in [-0.2, 0) is 9.53 Å². The third kappa shape index (κ3) is 4.57. The van der Waals surface area contributed by atoms with E-state index in [1.807, 2.05) is 25.1 Å². The van der Waals surface area contributed by atoms with Gasteiger partial charge in [0.1, 0.15) is 0 Å². The first-order valence-electron chi connectivity index (χ1n) is 5.94. The molecule has 2 atom stereocenters. The van der Waals surface area contributed by atoms with E-state index in [4.69, 9.17) is 4.74 Å². The Balaban J connectivity index is 2.71. The minimum absolute atomic E-state index is 0.0590. The number of benzene rings is 1. The summed E-state index contributed by atoms with van der Waals surface area (Å²) in [6.07, 6.45) is -0.0716. The van der Waals surface area contributed by atoms with Crippen LogP contribution in [0.15, 0.2) is 30.3 Å². The number of ether oxygens (including phenoxy) is 1. The maximum atomic E-state index is 11.2. The predicted octanol–water partition coefficient (Wildman–Crippen LogP) is 3.26. The molecule has 0 aliphatic rings. The Bertz CT molecular complexity index is 346. The van der Waals surface area contributed by atoms with Gasteiger partial charge in [-0.2, -0.15) is 0 Å². The van der Waals surface area contributed by atoms with Crippen LogP contribution in [0.1, 0.15) is 38.9 Å². The van der Waals surface area contributed by atoms with Crippen molar-refractivity contribution < 1.29 is 14.6 Å². The van der Waals surface area contributed by atoms with Crippen LogP contribution in [0.5, 0.6) is 0 Å². The molecular weight excluding hydrogens is 216 g/mol. The number of rotatable bonds is 6. The van der Waals surface area contributed by atoms with Crippen LogP contribution in [0.25, 0.3) is 0 Å². The second kappa shape index (κ2) is 6.40. The molecule has 0 aliphatic heterocycles. The van der Waals surface area contributed by atoms with E-state index in [2.05, 4.69) is 13.8 Å². The summed E-state index contributed by atoms with van der Waals surface area (Å²) in [5.74, 6) is -0.443. The van der Waals surface area contributed by atoms with Gasteiger partial charge in [-0.25, -0.2) is 4.79 Å². The van der Waals surface area contributed by atoms with Gasteiger partial charge in [0.05, 0.1) is 6.10 Å². The molecule has 0 aliphatic carbocycles. The molecule has 2 unspecified atom stereocenters. The van der Waals surface area contributed by atoms with Crippen LogP contribution < -0.4 is 0 Å². The monoisotopic (exact) mass is 236 g/mol. The smallest absolute Gasteiger partial charge is 0.337 e. The van der Waals surface area contributed by atoms with E-state index < -0.39 is 12.1 Å². The van der Waals surface area contributed by atoms with Crippen LogP contribution >= 0.6 is 0 Å². The zero-order chi connectivity index (χ0) is 12.8. The molecule has 0 heterocycles. The summed E-state index contributed by atoms with van der Waals surface area (Å²) in [5.41, 5.74) is 0.690. The number of carboxylic acid groups (broad SMARTS) is 1. The van der Waals surface area contributed by atoms with Crippen molar-refractivity contribution in [1.82, 2.24) is 0 Å². The number of aliphatic carboxylic acids is 1. The molecule has 1 rings (SSSR count). The Morgan fingerprint density at radius 1 is 1.24 bits per heavy atom. The minimum atomic E-state index is -0.938. The first-order valence-corrected chi connectivity index (χ1v) is 5.94. The molecule has 1 aromatic carbocycles. The van der Waals surface area contributed by atoms with Crippen LogP contribution in [-0.4, -0.2) is 17.2 Å². The van der Waals surface area contributed by atoms with Gasteiger partial charge in [-0.1, -0.05) is 44.2 Å². The highest BCUT2D eigenvalue weighted by Gasteiger charge is 2.23. The van der Waals surface area contributed by atoms with Crippen LogP contribution in [0.3, 0.4) is 0 Å². The minimum Gasteiger partial charge on any atom is -0.479 e. The molecule has 1 aromatic rings. The number of hydrogen-bond acceptors (Lipinski definition) is 2. The molecule has 1 N–H and O–H groups in total. The fraction of sp³-hybridized carbons (Fsp3) is 0.500. The predicted molar refractivity (Wildman–Crippen MR) is 66.8 cm³/mol. The van der Waals surface area contributed by atoms with Crippen molar-refractivity contribution in [2.45, 2.75) is 39.4 Å². The van der Waals surface area contributed by atoms with Gasteiger partial charge in [-0.3, -0.25) is 0 Å². The second-order valence-electron chi connectivity index (χ2n) is 4.71. The summed E-state index contributed by atoms with van der Waals surface area (Å²) in [4.78, 5) is 11.2. The fourth-order valence-corrected chi connectivity index (χ4v) is 1.86. The van der Waals surface area contributed by atoms with E-state index in [1.165, 1.54) is 0 Å². The summed E-state index contributed by atoms with van der Waals surface area (Å²) in [7, 11) is 0. The first kappa shape index (κ1) is 13.7. The molecule has 0 amide bonds. The molecule has 0 radical (unpaired) electrons. The van der Waals surface area contributed by atoms with E-state index in [0.29, 0.717) is 11.5 Å². The third-order valence-electron chi connectivity index (χ3n) is 2.50. The zero-order valence-corrected chi connectivity index (χ0v) is 10.6. The van der Waals surface area contributed by atoms with Gasteiger partial charge in [0.15, 0.2) is 6.10 Å². The Morgan fingerprint density at radius 3 is 2.29 bits per heavy atom. The highest BCUT2D eigenvalue weighted by molar-refractivity contribution is 5.74. The normalized spacial score (nSPS) is 14.6. The Morgan fingerprint density at radius 2 is 1.82 bits per heavy atom. The van der Waals surface area contributed by atoms with Crippen molar-refractivity contribution in [1.29, 1.82) is 0 Å². The van der Waals surface area contributed by atoms with E-state index in [0.717, 1.165) is 6.42 Å². The molecule has 3 heteroatoms. The molecule has 0 aromatic heterocycles. The molecule has 0 fully saturated rings. The van der Waals surface area contributed by atoms with E-state index in [9.17, 15) is 9.90 Å². The molecule has 0 saturated carbocycles. The molecule has 0 bridgehead atoms. The van der Waals surface area contributed by atoms with Crippen LogP contribution in [0.4, 0.5) is 0 Å². The average molecular weight is 236 g/mol. The van der Waals surface area contributed by atoms with Gasteiger partial charge in [0.25, 0.3) is 0 Å². The highest BCUT2D eigenvalue weighted by Crippen LogP contribution is 2.21. The Kier molecular flexibility index (Phi) is 5.16. The van der Waals surface area contributed by atoms with Gasteiger partial charge < -0.3 is 9.84 Å². The van der Waals surface area contributed by atoms with Crippen molar-refractivity contribution in [3.8, 4) is 0 Å². The number of carbonyl (C=O) groups is 1. The van der Waals surface area contributed by atoms with Gasteiger partial charge in [-0.05, 0) is 24.8 Å². The van der Waals surface area contributed by atoms with Gasteiger partial charge in [0.2, 0.25) is 0 Å². The average Bonchev–Trinajstić information content (AvgIpc) is 2.25. The summed E-state index contributed by atoms with van der Waals surface area (Å²) in [6, 6.07) is 9.06. The van der Waals surface area contributed by atoms with Gasteiger partial charge in [0, 0.05) is 0 Å². The summed E-state index contributed by atoms with van der Waals surface area (Å²) >= 11 is 0. The largest absolute Gasteiger partial charge is 0.479 e. The summed E-state index contributed by atoms with van der Waals surface area (Å²) < 4.78 is 5.61. The van der Waals surface area contributed by atoms with Crippen LogP contribution in [0, 0.1) is 5.92 Å². The van der Waals surface area contributed by atoms with Gasteiger partial charge >= 0.3 is 5.97 Å². The summed E-state index contributed by atoms with van der Waals surface area (Å²) in [6.45, 7) is 6.11.